The Hall–Kier alpha value is -2.38. The van der Waals surface area contributed by atoms with Crippen LogP contribution in [0.4, 0.5) is 5.69 Å². The molecule has 1 amide bonds. The Bertz CT molecular complexity index is 1290. The molecule has 5 rings (SSSR count). The van der Waals surface area contributed by atoms with Gasteiger partial charge in [-0.05, 0) is 49.1 Å². The van der Waals surface area contributed by atoms with Crippen LogP contribution >= 0.6 is 11.6 Å². The Labute approximate surface area is 186 Å². The summed E-state index contributed by atoms with van der Waals surface area (Å²) in [4.78, 5) is 20.1. The van der Waals surface area contributed by atoms with Gasteiger partial charge < -0.3 is 9.47 Å². The van der Waals surface area contributed by atoms with Crippen LogP contribution < -0.4 is 4.90 Å². The monoisotopic (exact) mass is 457 g/mol. The van der Waals surface area contributed by atoms with Crippen LogP contribution in [0.25, 0.3) is 11.0 Å². The van der Waals surface area contributed by atoms with Crippen molar-refractivity contribution in [2.24, 2.45) is 0 Å². The molecule has 1 spiro atoms. The molecule has 6 nitrogen and oxygen atoms in total. The van der Waals surface area contributed by atoms with E-state index in [0.717, 1.165) is 47.4 Å². The maximum atomic E-state index is 13.5. The van der Waals surface area contributed by atoms with Crippen molar-refractivity contribution in [3.05, 3.63) is 58.9 Å². The highest BCUT2D eigenvalue weighted by atomic mass is 35.5. The van der Waals surface area contributed by atoms with Crippen LogP contribution in [0, 0.1) is 0 Å². The van der Waals surface area contributed by atoms with E-state index >= 15 is 0 Å². The van der Waals surface area contributed by atoms with Gasteiger partial charge in [-0.2, -0.15) is 0 Å². The molecule has 1 fully saturated rings. The normalized spacial score (nSPS) is 17.4. The molecule has 3 aromatic rings. The number of halogens is 1. The van der Waals surface area contributed by atoms with E-state index in [1.165, 1.54) is 6.26 Å². The van der Waals surface area contributed by atoms with E-state index in [9.17, 15) is 13.2 Å². The number of para-hydroxylation sites is 1. The zero-order chi connectivity index (χ0) is 21.8. The van der Waals surface area contributed by atoms with Gasteiger partial charge in [-0.25, -0.2) is 13.4 Å². The molecule has 162 valence electrons. The van der Waals surface area contributed by atoms with Gasteiger partial charge >= 0.3 is 0 Å². The maximum absolute atomic E-state index is 13.5. The van der Waals surface area contributed by atoms with Crippen molar-refractivity contribution < 1.29 is 13.2 Å². The number of hydrogen-bond donors (Lipinski definition) is 0. The lowest BCUT2D eigenvalue weighted by molar-refractivity contribution is -0.126. The van der Waals surface area contributed by atoms with Gasteiger partial charge in [-0.15, -0.1) is 0 Å². The first-order valence-electron chi connectivity index (χ1n) is 10.5. The van der Waals surface area contributed by atoms with Crippen molar-refractivity contribution >= 4 is 44.1 Å². The van der Waals surface area contributed by atoms with Crippen LogP contribution in [0.3, 0.4) is 0 Å². The number of imidazole rings is 1. The van der Waals surface area contributed by atoms with E-state index in [2.05, 4.69) is 6.07 Å². The Morgan fingerprint density at radius 3 is 2.65 bits per heavy atom. The van der Waals surface area contributed by atoms with Crippen LogP contribution in [0.2, 0.25) is 5.02 Å². The zero-order valence-corrected chi connectivity index (χ0v) is 18.9. The van der Waals surface area contributed by atoms with Gasteiger partial charge in [0, 0.05) is 23.5 Å². The highest BCUT2D eigenvalue weighted by Crippen LogP contribution is 2.53. The molecule has 1 aliphatic carbocycles. The molecule has 0 bridgehead atoms. The molecular weight excluding hydrogens is 434 g/mol. The van der Waals surface area contributed by atoms with E-state index in [1.807, 2.05) is 39.8 Å². The van der Waals surface area contributed by atoms with Crippen LogP contribution in [0.5, 0.6) is 0 Å². The summed E-state index contributed by atoms with van der Waals surface area (Å²) in [5.74, 6) is 0.993. The van der Waals surface area contributed by atoms with Crippen molar-refractivity contribution in [3.63, 3.8) is 0 Å². The van der Waals surface area contributed by atoms with E-state index < -0.39 is 9.84 Å². The minimum atomic E-state index is -3.05. The number of sulfone groups is 1. The van der Waals surface area contributed by atoms with Crippen LogP contribution in [0.1, 0.15) is 37.1 Å². The summed E-state index contributed by atoms with van der Waals surface area (Å²) in [6.07, 6.45) is 4.57. The molecule has 31 heavy (non-hydrogen) atoms. The van der Waals surface area contributed by atoms with Gasteiger partial charge in [-0.3, -0.25) is 4.79 Å². The van der Waals surface area contributed by atoms with E-state index in [-0.39, 0.29) is 17.1 Å². The summed E-state index contributed by atoms with van der Waals surface area (Å²) in [6.45, 7) is 0.859. The number of carbonyl (C=O) groups excluding carboxylic acids is 1. The number of hydrogen-bond acceptors (Lipinski definition) is 4. The lowest BCUT2D eigenvalue weighted by Gasteiger charge is -2.37. The fourth-order valence-electron chi connectivity index (χ4n) is 4.92. The molecule has 8 heteroatoms. The minimum absolute atomic E-state index is 0.105. The average molecular weight is 458 g/mol. The first-order chi connectivity index (χ1) is 14.8. The number of anilines is 1. The first-order valence-corrected chi connectivity index (χ1v) is 13.0. The van der Waals surface area contributed by atoms with Crippen molar-refractivity contribution in [2.75, 3.05) is 16.9 Å². The largest absolute Gasteiger partial charge is 0.326 e. The standard InChI is InChI=1S/C23H24ClN3O3S/c1-31(29,30)13-5-12-26-20-9-8-16(24)14-18(20)25-21(26)15-27-19-7-3-2-6-17(19)23(22(27)28)10-4-11-23/h2-3,6-9,14H,4-5,10-13,15H2,1H3. The number of carbonyl (C=O) groups is 1. The fraction of sp³-hybridized carbons (Fsp3) is 0.391. The van der Waals surface area contributed by atoms with Gasteiger partial charge in [0.05, 0.1) is 28.7 Å². The summed E-state index contributed by atoms with van der Waals surface area (Å²) < 4.78 is 25.3. The Balaban J connectivity index is 1.53. The summed E-state index contributed by atoms with van der Waals surface area (Å²) in [6, 6.07) is 13.6. The number of nitrogens with zero attached hydrogens (tertiary/aromatic N) is 3. The van der Waals surface area contributed by atoms with Crippen molar-refractivity contribution in [3.8, 4) is 0 Å². The maximum Gasteiger partial charge on any atom is 0.238 e. The van der Waals surface area contributed by atoms with Crippen molar-refractivity contribution in [2.45, 2.75) is 44.2 Å². The molecule has 1 saturated carbocycles. The zero-order valence-electron chi connectivity index (χ0n) is 17.3. The van der Waals surface area contributed by atoms with Gasteiger partial charge in [0.15, 0.2) is 0 Å². The summed E-state index contributed by atoms with van der Waals surface area (Å²) in [5, 5.41) is 0.593. The van der Waals surface area contributed by atoms with Crippen LogP contribution in [-0.2, 0) is 33.1 Å². The number of amides is 1. The number of benzene rings is 2. The SMILES string of the molecule is CS(=O)(=O)CCCn1c(CN2C(=O)C3(CCC3)c3ccccc32)nc2cc(Cl)ccc21. The van der Waals surface area contributed by atoms with E-state index in [1.54, 1.807) is 6.07 Å². The first kappa shape index (κ1) is 20.5. The van der Waals surface area contributed by atoms with Crippen molar-refractivity contribution in [1.82, 2.24) is 9.55 Å². The molecule has 2 aliphatic rings. The molecule has 1 aliphatic heterocycles. The number of rotatable bonds is 6. The molecule has 0 N–H and O–H groups in total. The van der Waals surface area contributed by atoms with Crippen molar-refractivity contribution in [1.29, 1.82) is 0 Å². The quantitative estimate of drug-likeness (QED) is 0.558. The predicted octanol–water partition coefficient (Wildman–Crippen LogP) is 4.09. The van der Waals surface area contributed by atoms with E-state index in [4.69, 9.17) is 16.6 Å². The third-order valence-corrected chi connectivity index (χ3v) is 7.82. The lowest BCUT2D eigenvalue weighted by Crippen LogP contribution is -2.45. The minimum Gasteiger partial charge on any atom is -0.326 e. The second-order valence-electron chi connectivity index (χ2n) is 8.64. The van der Waals surface area contributed by atoms with Gasteiger partial charge in [0.2, 0.25) is 5.91 Å². The lowest BCUT2D eigenvalue weighted by atomic mass is 9.65. The molecule has 2 aromatic carbocycles. The molecule has 2 heterocycles. The van der Waals surface area contributed by atoms with Crippen LogP contribution in [-0.4, -0.2) is 35.9 Å². The second kappa shape index (κ2) is 7.35. The number of aryl methyl sites for hydroxylation is 1. The number of fused-ring (bicyclic) bond motifs is 3. The second-order valence-corrected chi connectivity index (χ2v) is 11.3. The summed E-state index contributed by atoms with van der Waals surface area (Å²) >= 11 is 6.18. The van der Waals surface area contributed by atoms with Crippen LogP contribution in [0.15, 0.2) is 42.5 Å². The third kappa shape index (κ3) is 3.44. The van der Waals surface area contributed by atoms with Gasteiger partial charge in [-0.1, -0.05) is 36.2 Å². The Morgan fingerprint density at radius 1 is 1.16 bits per heavy atom. The Kier molecular flexibility index (Phi) is 4.86. The van der Waals surface area contributed by atoms with Gasteiger partial charge in [0.25, 0.3) is 0 Å². The molecule has 0 saturated heterocycles. The third-order valence-electron chi connectivity index (χ3n) is 6.56. The Morgan fingerprint density at radius 2 is 1.94 bits per heavy atom. The summed E-state index contributed by atoms with van der Waals surface area (Å²) in [7, 11) is -3.05. The highest BCUT2D eigenvalue weighted by molar-refractivity contribution is 7.90. The van der Waals surface area contributed by atoms with Gasteiger partial charge in [0.1, 0.15) is 15.7 Å². The molecular formula is C23H24ClN3O3S. The molecule has 1 aromatic heterocycles. The smallest absolute Gasteiger partial charge is 0.238 e. The molecule has 0 unspecified atom stereocenters. The number of aromatic nitrogens is 2. The highest BCUT2D eigenvalue weighted by Gasteiger charge is 2.54. The molecule has 0 radical (unpaired) electrons. The van der Waals surface area contributed by atoms with E-state index in [0.29, 0.717) is 24.5 Å². The molecule has 0 atom stereocenters. The predicted molar refractivity (Wildman–Crippen MR) is 122 cm³/mol. The average Bonchev–Trinajstić information content (AvgIpc) is 3.13. The topological polar surface area (TPSA) is 72.3 Å². The summed E-state index contributed by atoms with van der Waals surface area (Å²) in [5.41, 5.74) is 3.34. The fourth-order valence-corrected chi connectivity index (χ4v) is 5.74.